The van der Waals surface area contributed by atoms with Crippen LogP contribution in [-0.4, -0.2) is 31.9 Å². The van der Waals surface area contributed by atoms with E-state index in [-0.39, 0.29) is 0 Å². The number of nitrogens with one attached hydrogen (secondary N) is 1. The third-order valence-electron chi connectivity index (χ3n) is 3.76. The molecule has 3 nitrogen and oxygen atoms in total. The minimum atomic E-state index is 0.400. The number of ether oxygens (including phenoxy) is 2. The molecule has 0 amide bonds. The molecule has 0 aliphatic heterocycles. The summed E-state index contributed by atoms with van der Waals surface area (Å²) in [5.41, 5.74) is 0. The molecule has 2 unspecified atom stereocenters. The molecule has 2 atom stereocenters. The quantitative estimate of drug-likeness (QED) is 0.739. The van der Waals surface area contributed by atoms with Gasteiger partial charge in [-0.25, -0.2) is 0 Å². The van der Waals surface area contributed by atoms with E-state index in [4.69, 9.17) is 9.47 Å². The topological polar surface area (TPSA) is 30.5 Å². The van der Waals surface area contributed by atoms with E-state index >= 15 is 0 Å². The largest absolute Gasteiger partial charge is 0.491 e. The number of hydrogen-bond acceptors (Lipinski definition) is 3. The van der Waals surface area contributed by atoms with Crippen LogP contribution in [0.15, 0.2) is 30.3 Å². The average molecular weight is 277 g/mol. The van der Waals surface area contributed by atoms with Crippen molar-refractivity contribution in [1.29, 1.82) is 0 Å². The van der Waals surface area contributed by atoms with Crippen LogP contribution in [-0.2, 0) is 4.74 Å². The molecule has 1 aromatic carbocycles. The van der Waals surface area contributed by atoms with Crippen molar-refractivity contribution in [2.45, 2.75) is 51.2 Å². The van der Waals surface area contributed by atoms with Crippen molar-refractivity contribution in [2.24, 2.45) is 0 Å². The lowest BCUT2D eigenvalue weighted by Gasteiger charge is -2.29. The van der Waals surface area contributed by atoms with Crippen molar-refractivity contribution in [3.05, 3.63) is 30.3 Å². The zero-order valence-electron chi connectivity index (χ0n) is 12.5. The van der Waals surface area contributed by atoms with Crippen molar-refractivity contribution in [2.75, 3.05) is 19.8 Å². The smallest absolute Gasteiger partial charge is 0.119 e. The molecule has 1 aromatic rings. The van der Waals surface area contributed by atoms with Crippen molar-refractivity contribution in [1.82, 2.24) is 5.32 Å². The zero-order chi connectivity index (χ0) is 14.0. The normalized spacial score (nSPS) is 22.6. The van der Waals surface area contributed by atoms with E-state index < -0.39 is 0 Å². The predicted octanol–water partition coefficient (Wildman–Crippen LogP) is 3.39. The van der Waals surface area contributed by atoms with Gasteiger partial charge in [-0.1, -0.05) is 25.1 Å². The second-order valence-electron chi connectivity index (χ2n) is 5.47. The van der Waals surface area contributed by atoms with Crippen LogP contribution in [0.4, 0.5) is 0 Å². The number of hydrogen-bond donors (Lipinski definition) is 1. The van der Waals surface area contributed by atoms with Crippen LogP contribution in [0.25, 0.3) is 0 Å². The van der Waals surface area contributed by atoms with Gasteiger partial charge in [0.15, 0.2) is 0 Å². The van der Waals surface area contributed by atoms with Gasteiger partial charge in [0.25, 0.3) is 0 Å². The van der Waals surface area contributed by atoms with E-state index in [1.54, 1.807) is 0 Å². The van der Waals surface area contributed by atoms with Crippen LogP contribution in [0.5, 0.6) is 5.75 Å². The predicted molar refractivity (Wildman–Crippen MR) is 82.2 cm³/mol. The molecule has 20 heavy (non-hydrogen) atoms. The van der Waals surface area contributed by atoms with E-state index in [1.807, 2.05) is 30.3 Å². The van der Waals surface area contributed by atoms with Gasteiger partial charge < -0.3 is 14.8 Å². The van der Waals surface area contributed by atoms with Gasteiger partial charge in [0, 0.05) is 6.04 Å². The second kappa shape index (κ2) is 8.98. The molecule has 112 valence electrons. The maximum atomic E-state index is 5.95. The summed E-state index contributed by atoms with van der Waals surface area (Å²) in [5.74, 6) is 0.919. The summed E-state index contributed by atoms with van der Waals surface area (Å²) in [6, 6.07) is 10.6. The summed E-state index contributed by atoms with van der Waals surface area (Å²) in [4.78, 5) is 0. The van der Waals surface area contributed by atoms with Crippen LogP contribution < -0.4 is 10.1 Å². The second-order valence-corrected chi connectivity index (χ2v) is 5.47. The molecule has 1 fully saturated rings. The number of benzene rings is 1. The third-order valence-corrected chi connectivity index (χ3v) is 3.76. The standard InChI is InChI=1S/C17H27NO2/c1-2-11-18-15-7-6-10-17(14-15)20-13-12-19-16-8-4-3-5-9-16/h3-5,8-9,15,17-18H,2,6-7,10-14H2,1H3. The Labute approximate surface area is 122 Å². The molecule has 2 rings (SSSR count). The zero-order valence-corrected chi connectivity index (χ0v) is 12.5. The molecule has 3 heteroatoms. The highest BCUT2D eigenvalue weighted by Gasteiger charge is 2.21. The van der Waals surface area contributed by atoms with E-state index in [0.29, 0.717) is 25.4 Å². The van der Waals surface area contributed by atoms with Crippen molar-refractivity contribution in [3.63, 3.8) is 0 Å². The Hall–Kier alpha value is -1.06. The summed E-state index contributed by atoms with van der Waals surface area (Å²) in [6.07, 6.45) is 6.50. The molecule has 1 aliphatic carbocycles. The first-order valence-corrected chi connectivity index (χ1v) is 7.91. The first-order valence-electron chi connectivity index (χ1n) is 7.91. The highest BCUT2D eigenvalue weighted by Crippen LogP contribution is 2.21. The van der Waals surface area contributed by atoms with Gasteiger partial charge in [-0.05, 0) is 50.8 Å². The molecule has 0 bridgehead atoms. The molecule has 1 aliphatic rings. The lowest BCUT2D eigenvalue weighted by Crippen LogP contribution is -2.37. The van der Waals surface area contributed by atoms with Gasteiger partial charge >= 0.3 is 0 Å². The highest BCUT2D eigenvalue weighted by atomic mass is 16.5. The Morgan fingerprint density at radius 3 is 2.80 bits per heavy atom. The summed E-state index contributed by atoms with van der Waals surface area (Å²) >= 11 is 0. The molecule has 0 heterocycles. The molecular formula is C17H27NO2. The van der Waals surface area contributed by atoms with Gasteiger partial charge in [-0.2, -0.15) is 0 Å². The molecular weight excluding hydrogens is 250 g/mol. The first kappa shape index (κ1) is 15.3. The summed E-state index contributed by atoms with van der Waals surface area (Å²) in [5, 5.41) is 3.61. The van der Waals surface area contributed by atoms with Gasteiger partial charge in [0.1, 0.15) is 12.4 Å². The maximum absolute atomic E-state index is 5.95. The summed E-state index contributed by atoms with van der Waals surface area (Å²) in [7, 11) is 0. The summed E-state index contributed by atoms with van der Waals surface area (Å²) in [6.45, 7) is 4.65. The lowest BCUT2D eigenvalue weighted by molar-refractivity contribution is 0.00550. The molecule has 0 saturated heterocycles. The fourth-order valence-corrected chi connectivity index (χ4v) is 2.72. The molecule has 0 radical (unpaired) electrons. The third kappa shape index (κ3) is 5.51. The van der Waals surface area contributed by atoms with E-state index in [9.17, 15) is 0 Å². The van der Waals surface area contributed by atoms with Crippen LogP contribution in [0.3, 0.4) is 0 Å². The van der Waals surface area contributed by atoms with Crippen molar-refractivity contribution >= 4 is 0 Å². The van der Waals surface area contributed by atoms with Gasteiger partial charge in [0.05, 0.1) is 12.7 Å². The van der Waals surface area contributed by atoms with E-state index in [0.717, 1.165) is 18.7 Å². The van der Waals surface area contributed by atoms with E-state index in [2.05, 4.69) is 12.2 Å². The van der Waals surface area contributed by atoms with Crippen LogP contribution >= 0.6 is 0 Å². The van der Waals surface area contributed by atoms with Gasteiger partial charge in [0.2, 0.25) is 0 Å². The van der Waals surface area contributed by atoms with Crippen LogP contribution in [0.1, 0.15) is 39.0 Å². The SMILES string of the molecule is CCCNC1CCCC(OCCOc2ccccc2)C1. The van der Waals surface area contributed by atoms with Gasteiger partial charge in [-0.3, -0.25) is 0 Å². The molecule has 0 aromatic heterocycles. The Morgan fingerprint density at radius 2 is 2.00 bits per heavy atom. The Kier molecular flexibility index (Phi) is 6.89. The molecule has 1 N–H and O–H groups in total. The minimum Gasteiger partial charge on any atom is -0.491 e. The van der Waals surface area contributed by atoms with E-state index in [1.165, 1.54) is 25.7 Å². The minimum absolute atomic E-state index is 0.400. The lowest BCUT2D eigenvalue weighted by atomic mass is 9.93. The average Bonchev–Trinajstić information content (AvgIpc) is 2.51. The molecule has 0 spiro atoms. The maximum Gasteiger partial charge on any atom is 0.119 e. The highest BCUT2D eigenvalue weighted by molar-refractivity contribution is 5.20. The number of para-hydroxylation sites is 1. The van der Waals surface area contributed by atoms with Crippen LogP contribution in [0.2, 0.25) is 0 Å². The number of rotatable bonds is 8. The summed E-state index contributed by atoms with van der Waals surface area (Å²) < 4.78 is 11.6. The Balaban J connectivity index is 1.59. The Morgan fingerprint density at radius 1 is 1.15 bits per heavy atom. The Bertz CT molecular complexity index is 355. The van der Waals surface area contributed by atoms with Crippen LogP contribution in [0, 0.1) is 0 Å². The van der Waals surface area contributed by atoms with Crippen molar-refractivity contribution in [3.8, 4) is 5.75 Å². The van der Waals surface area contributed by atoms with Crippen molar-refractivity contribution < 1.29 is 9.47 Å². The first-order chi connectivity index (χ1) is 9.88. The monoisotopic (exact) mass is 277 g/mol. The fraction of sp³-hybridized carbons (Fsp3) is 0.647. The fourth-order valence-electron chi connectivity index (χ4n) is 2.72. The van der Waals surface area contributed by atoms with Gasteiger partial charge in [-0.15, -0.1) is 0 Å². The molecule has 1 saturated carbocycles.